The molecule has 2 aromatic rings. The third-order valence-corrected chi connectivity index (χ3v) is 4.49. The van der Waals surface area contributed by atoms with E-state index in [0.29, 0.717) is 5.02 Å². The SMILES string of the molecule is C[C@@H](NC(=O)CCC(=O)N[C@@H](Cc1ccc(Cl)cc1)C(=O)O)c1ccccc1. The monoisotopic (exact) mass is 402 g/mol. The van der Waals surface area contributed by atoms with Gasteiger partial charge in [-0.15, -0.1) is 0 Å². The highest BCUT2D eigenvalue weighted by Gasteiger charge is 2.21. The molecule has 0 aliphatic rings. The Balaban J connectivity index is 1.81. The van der Waals surface area contributed by atoms with Crippen molar-refractivity contribution >= 4 is 29.4 Å². The third-order valence-electron chi connectivity index (χ3n) is 4.24. The average Bonchev–Trinajstić information content (AvgIpc) is 2.68. The Morgan fingerprint density at radius 1 is 0.929 bits per heavy atom. The van der Waals surface area contributed by atoms with Crippen LogP contribution in [0.25, 0.3) is 0 Å². The molecule has 0 unspecified atom stereocenters. The van der Waals surface area contributed by atoms with E-state index in [9.17, 15) is 19.5 Å². The van der Waals surface area contributed by atoms with Gasteiger partial charge in [0.15, 0.2) is 0 Å². The van der Waals surface area contributed by atoms with Gasteiger partial charge in [-0.2, -0.15) is 0 Å². The zero-order valence-electron chi connectivity index (χ0n) is 15.5. The second-order valence-electron chi connectivity index (χ2n) is 6.49. The van der Waals surface area contributed by atoms with Gasteiger partial charge in [-0.1, -0.05) is 54.1 Å². The van der Waals surface area contributed by atoms with Crippen LogP contribution in [0.4, 0.5) is 0 Å². The van der Waals surface area contributed by atoms with Crippen LogP contribution in [0.1, 0.15) is 36.9 Å². The lowest BCUT2D eigenvalue weighted by atomic mass is 10.1. The highest BCUT2D eigenvalue weighted by Crippen LogP contribution is 2.12. The molecule has 3 N–H and O–H groups in total. The lowest BCUT2D eigenvalue weighted by Crippen LogP contribution is -2.42. The highest BCUT2D eigenvalue weighted by molar-refractivity contribution is 6.30. The van der Waals surface area contributed by atoms with Crippen LogP contribution in [0.15, 0.2) is 54.6 Å². The fraction of sp³-hybridized carbons (Fsp3) is 0.286. The lowest BCUT2D eigenvalue weighted by Gasteiger charge is -2.16. The molecule has 0 radical (unpaired) electrons. The largest absolute Gasteiger partial charge is 0.480 e. The summed E-state index contributed by atoms with van der Waals surface area (Å²) in [6.45, 7) is 1.86. The molecule has 28 heavy (non-hydrogen) atoms. The van der Waals surface area contributed by atoms with Crippen molar-refractivity contribution in [2.45, 2.75) is 38.3 Å². The Kier molecular flexibility index (Phi) is 8.02. The van der Waals surface area contributed by atoms with E-state index in [1.807, 2.05) is 37.3 Å². The molecule has 2 atom stereocenters. The molecular formula is C21H23ClN2O4. The van der Waals surface area contributed by atoms with E-state index in [4.69, 9.17) is 11.6 Å². The third kappa shape index (κ3) is 7.04. The Bertz CT molecular complexity index is 809. The minimum atomic E-state index is -1.13. The van der Waals surface area contributed by atoms with Crippen LogP contribution in [0.2, 0.25) is 5.02 Å². The van der Waals surface area contributed by atoms with Gasteiger partial charge in [0, 0.05) is 24.3 Å². The van der Waals surface area contributed by atoms with Gasteiger partial charge in [0.05, 0.1) is 6.04 Å². The zero-order chi connectivity index (χ0) is 20.5. The number of carboxylic acids is 1. The number of amides is 2. The van der Waals surface area contributed by atoms with Crippen LogP contribution < -0.4 is 10.6 Å². The van der Waals surface area contributed by atoms with Gasteiger partial charge in [-0.05, 0) is 30.2 Å². The number of hydrogen-bond acceptors (Lipinski definition) is 3. The van der Waals surface area contributed by atoms with Crippen molar-refractivity contribution in [2.75, 3.05) is 0 Å². The Morgan fingerprint density at radius 3 is 2.07 bits per heavy atom. The molecule has 148 valence electrons. The van der Waals surface area contributed by atoms with E-state index in [1.54, 1.807) is 24.3 Å². The van der Waals surface area contributed by atoms with Gasteiger partial charge < -0.3 is 15.7 Å². The molecule has 0 saturated carbocycles. The second kappa shape index (κ2) is 10.5. The van der Waals surface area contributed by atoms with E-state index in [2.05, 4.69) is 10.6 Å². The maximum atomic E-state index is 12.1. The number of halogens is 1. The maximum Gasteiger partial charge on any atom is 0.326 e. The summed E-state index contributed by atoms with van der Waals surface area (Å²) in [5, 5.41) is 15.2. The van der Waals surface area contributed by atoms with E-state index >= 15 is 0 Å². The minimum Gasteiger partial charge on any atom is -0.480 e. The molecule has 0 aliphatic carbocycles. The van der Waals surface area contributed by atoms with Gasteiger partial charge in [-0.25, -0.2) is 4.79 Å². The first-order valence-corrected chi connectivity index (χ1v) is 9.34. The molecule has 0 spiro atoms. The van der Waals surface area contributed by atoms with E-state index in [1.165, 1.54) is 0 Å². The molecule has 0 aromatic heterocycles. The summed E-state index contributed by atoms with van der Waals surface area (Å²) in [6, 6.07) is 15.0. The van der Waals surface area contributed by atoms with Gasteiger partial charge in [0.1, 0.15) is 6.04 Å². The topological polar surface area (TPSA) is 95.5 Å². The molecule has 0 heterocycles. The smallest absolute Gasteiger partial charge is 0.326 e. The molecule has 0 bridgehead atoms. The number of hydrogen-bond donors (Lipinski definition) is 3. The molecule has 0 saturated heterocycles. The first-order valence-electron chi connectivity index (χ1n) is 8.96. The molecule has 7 heteroatoms. The Hall–Kier alpha value is -2.86. The van der Waals surface area contributed by atoms with Crippen molar-refractivity contribution in [3.8, 4) is 0 Å². The van der Waals surface area contributed by atoms with E-state index in [-0.39, 0.29) is 31.2 Å². The zero-order valence-corrected chi connectivity index (χ0v) is 16.3. The summed E-state index contributed by atoms with van der Waals surface area (Å²) in [7, 11) is 0. The second-order valence-corrected chi connectivity index (χ2v) is 6.93. The van der Waals surface area contributed by atoms with Crippen molar-refractivity contribution in [1.29, 1.82) is 0 Å². The van der Waals surface area contributed by atoms with Crippen molar-refractivity contribution in [3.05, 3.63) is 70.7 Å². The first kappa shape index (κ1) is 21.4. The van der Waals surface area contributed by atoms with Gasteiger partial charge in [-0.3, -0.25) is 9.59 Å². The molecule has 0 aliphatic heterocycles. The number of benzene rings is 2. The summed E-state index contributed by atoms with van der Waals surface area (Å²) in [4.78, 5) is 35.6. The van der Waals surface area contributed by atoms with Crippen molar-refractivity contribution in [1.82, 2.24) is 10.6 Å². The van der Waals surface area contributed by atoms with Gasteiger partial charge in [0.25, 0.3) is 0 Å². The van der Waals surface area contributed by atoms with Crippen LogP contribution in [0.3, 0.4) is 0 Å². The van der Waals surface area contributed by atoms with Gasteiger partial charge in [0.2, 0.25) is 11.8 Å². The Morgan fingerprint density at radius 2 is 1.50 bits per heavy atom. The number of carbonyl (C=O) groups is 3. The lowest BCUT2D eigenvalue weighted by molar-refractivity contribution is -0.141. The van der Waals surface area contributed by atoms with Crippen LogP contribution in [0.5, 0.6) is 0 Å². The number of rotatable bonds is 9. The molecular weight excluding hydrogens is 380 g/mol. The van der Waals surface area contributed by atoms with Crippen molar-refractivity contribution in [3.63, 3.8) is 0 Å². The molecule has 2 rings (SSSR count). The normalized spacial score (nSPS) is 12.6. The van der Waals surface area contributed by atoms with Crippen LogP contribution in [-0.2, 0) is 20.8 Å². The van der Waals surface area contributed by atoms with Crippen molar-refractivity contribution < 1.29 is 19.5 Å². The first-order chi connectivity index (χ1) is 13.3. The summed E-state index contributed by atoms with van der Waals surface area (Å²) >= 11 is 5.82. The molecule has 0 fully saturated rings. The minimum absolute atomic E-state index is 0.0176. The number of aliphatic carboxylic acids is 1. The Labute approximate surface area is 168 Å². The van der Waals surface area contributed by atoms with Crippen LogP contribution in [0, 0.1) is 0 Å². The quantitative estimate of drug-likeness (QED) is 0.600. The predicted octanol–water partition coefficient (Wildman–Crippen LogP) is 3.11. The fourth-order valence-corrected chi connectivity index (χ4v) is 2.81. The summed E-state index contributed by atoms with van der Waals surface area (Å²) in [6.07, 6.45) is 0.0313. The summed E-state index contributed by atoms with van der Waals surface area (Å²) in [5.41, 5.74) is 1.71. The van der Waals surface area contributed by atoms with Crippen LogP contribution >= 0.6 is 11.6 Å². The summed E-state index contributed by atoms with van der Waals surface area (Å²) < 4.78 is 0. The van der Waals surface area contributed by atoms with Crippen LogP contribution in [-0.4, -0.2) is 28.9 Å². The fourth-order valence-electron chi connectivity index (χ4n) is 2.69. The maximum absolute atomic E-state index is 12.1. The molecule has 2 aromatic carbocycles. The van der Waals surface area contributed by atoms with E-state index in [0.717, 1.165) is 11.1 Å². The highest BCUT2D eigenvalue weighted by atomic mass is 35.5. The summed E-state index contributed by atoms with van der Waals surface area (Å²) in [5.74, 6) is -1.88. The van der Waals surface area contributed by atoms with E-state index < -0.39 is 17.9 Å². The standard InChI is InChI=1S/C21H23ClN2O4/c1-14(16-5-3-2-4-6-16)23-19(25)11-12-20(26)24-18(21(27)28)13-15-7-9-17(22)10-8-15/h2-10,14,18H,11-13H2,1H3,(H,23,25)(H,24,26)(H,27,28)/t14-,18+/m1/s1. The number of carboxylic acid groups (broad SMARTS) is 1. The molecule has 6 nitrogen and oxygen atoms in total. The van der Waals surface area contributed by atoms with Gasteiger partial charge >= 0.3 is 5.97 Å². The number of nitrogens with one attached hydrogen (secondary N) is 2. The van der Waals surface area contributed by atoms with Crippen molar-refractivity contribution in [2.24, 2.45) is 0 Å². The number of carbonyl (C=O) groups excluding carboxylic acids is 2. The molecule has 2 amide bonds. The average molecular weight is 403 g/mol. The predicted molar refractivity (Wildman–Crippen MR) is 107 cm³/mol.